The van der Waals surface area contributed by atoms with Gasteiger partial charge in [0.1, 0.15) is 0 Å². The van der Waals surface area contributed by atoms with E-state index in [-0.39, 0.29) is 18.6 Å². The Bertz CT molecular complexity index is 645. The summed E-state index contributed by atoms with van der Waals surface area (Å²) in [5, 5.41) is 17.9. The number of methoxy groups -OCH3 is 1. The molecule has 0 heterocycles. The number of rotatable bonds is 7. The molecule has 23 heavy (non-hydrogen) atoms. The third-order valence-electron chi connectivity index (χ3n) is 3.75. The number of aliphatic hydroxyl groups excluding tert-OH is 1. The van der Waals surface area contributed by atoms with Crippen LogP contribution in [0.5, 0.6) is 0 Å². The molecule has 2 rings (SSSR count). The summed E-state index contributed by atoms with van der Waals surface area (Å²) < 4.78 is 4.97. The summed E-state index contributed by atoms with van der Waals surface area (Å²) in [6.07, 6.45) is 0.0107. The number of nitrogens with one attached hydrogen (secondary N) is 2. The Morgan fingerprint density at radius 3 is 2.70 bits per heavy atom. The molecule has 0 aliphatic rings. The fourth-order valence-corrected chi connectivity index (χ4v) is 2.36. The highest BCUT2D eigenvalue weighted by Crippen LogP contribution is 2.19. The van der Waals surface area contributed by atoms with Gasteiger partial charge in [0.15, 0.2) is 0 Å². The number of amides is 2. The molecule has 0 aliphatic carbocycles. The zero-order valence-electron chi connectivity index (χ0n) is 13.6. The lowest BCUT2D eigenvalue weighted by Gasteiger charge is -2.16. The largest absolute Gasteiger partial charge is 0.387 e. The number of carbonyl (C=O) groups excluding carboxylic acids is 1. The number of urea groups is 1. The predicted octanol–water partition coefficient (Wildman–Crippen LogP) is 2.60. The van der Waals surface area contributed by atoms with Gasteiger partial charge in [-0.25, -0.2) is 4.79 Å². The van der Waals surface area contributed by atoms with E-state index in [1.54, 1.807) is 7.11 Å². The Hall–Kier alpha value is -2.11. The van der Waals surface area contributed by atoms with Gasteiger partial charge in [-0.2, -0.15) is 0 Å². The van der Waals surface area contributed by atoms with E-state index in [0.717, 1.165) is 22.8 Å². The first-order chi connectivity index (χ1) is 11.1. The first-order valence-electron chi connectivity index (χ1n) is 7.80. The second-order valence-corrected chi connectivity index (χ2v) is 5.66. The normalized spacial score (nSPS) is 13.5. The molecule has 0 saturated carbocycles. The summed E-state index contributed by atoms with van der Waals surface area (Å²) in [7, 11) is 1.63. The summed E-state index contributed by atoms with van der Waals surface area (Å²) in [4.78, 5) is 11.8. The van der Waals surface area contributed by atoms with E-state index in [9.17, 15) is 9.90 Å². The van der Waals surface area contributed by atoms with Gasteiger partial charge in [0.05, 0.1) is 6.10 Å². The summed E-state index contributed by atoms with van der Waals surface area (Å²) in [6, 6.07) is 13.5. The summed E-state index contributed by atoms with van der Waals surface area (Å²) in [5.41, 5.74) is 0.788. The Labute approximate surface area is 136 Å². The van der Waals surface area contributed by atoms with Crippen molar-refractivity contribution in [3.63, 3.8) is 0 Å². The lowest BCUT2D eigenvalue weighted by Crippen LogP contribution is -2.42. The van der Waals surface area contributed by atoms with Crippen LogP contribution in [0.3, 0.4) is 0 Å². The highest BCUT2D eigenvalue weighted by atomic mass is 16.5. The number of aliphatic hydroxyl groups is 1. The highest BCUT2D eigenvalue weighted by Gasteiger charge is 2.11. The average Bonchev–Trinajstić information content (AvgIpc) is 2.57. The zero-order valence-corrected chi connectivity index (χ0v) is 13.6. The maximum atomic E-state index is 11.8. The molecule has 0 fully saturated rings. The molecule has 3 N–H and O–H groups in total. The van der Waals surface area contributed by atoms with E-state index < -0.39 is 6.10 Å². The van der Waals surface area contributed by atoms with Gasteiger partial charge >= 0.3 is 6.03 Å². The molecule has 5 nitrogen and oxygen atoms in total. The molecule has 2 unspecified atom stereocenters. The molecule has 2 atom stereocenters. The standard InChI is InChI=1S/C18H24N2O3/c1-13(9-10-23-2)20-18(22)19-12-17(21)16-8-7-14-5-3-4-6-15(14)11-16/h3-8,11,13,17,21H,9-10,12H2,1-2H3,(H2,19,20,22). The molecule has 124 valence electrons. The average molecular weight is 316 g/mol. The summed E-state index contributed by atoms with van der Waals surface area (Å²) >= 11 is 0. The quantitative estimate of drug-likeness (QED) is 0.735. The molecular weight excluding hydrogens is 292 g/mol. The van der Waals surface area contributed by atoms with Crippen LogP contribution in [0, 0.1) is 0 Å². The van der Waals surface area contributed by atoms with Crippen molar-refractivity contribution in [1.29, 1.82) is 0 Å². The molecule has 2 aromatic rings. The van der Waals surface area contributed by atoms with Crippen LogP contribution in [-0.4, -0.2) is 37.4 Å². The Morgan fingerprint density at radius 1 is 1.22 bits per heavy atom. The first-order valence-corrected chi connectivity index (χ1v) is 7.80. The molecule has 2 aromatic carbocycles. The summed E-state index contributed by atoms with van der Waals surface area (Å²) in [5.74, 6) is 0. The Morgan fingerprint density at radius 2 is 1.96 bits per heavy atom. The lowest BCUT2D eigenvalue weighted by atomic mass is 10.0. The molecule has 0 aliphatic heterocycles. The van der Waals surface area contributed by atoms with E-state index in [1.165, 1.54) is 0 Å². The molecule has 0 bridgehead atoms. The van der Waals surface area contributed by atoms with Crippen molar-refractivity contribution in [2.45, 2.75) is 25.5 Å². The van der Waals surface area contributed by atoms with Gasteiger partial charge in [-0.05, 0) is 35.7 Å². The predicted molar refractivity (Wildman–Crippen MR) is 91.4 cm³/mol. The van der Waals surface area contributed by atoms with Crippen molar-refractivity contribution in [2.24, 2.45) is 0 Å². The van der Waals surface area contributed by atoms with Crippen LogP contribution in [0.2, 0.25) is 0 Å². The number of carbonyl (C=O) groups is 1. The van der Waals surface area contributed by atoms with Crippen molar-refractivity contribution in [1.82, 2.24) is 10.6 Å². The van der Waals surface area contributed by atoms with Crippen LogP contribution in [0.4, 0.5) is 4.79 Å². The lowest BCUT2D eigenvalue weighted by molar-refractivity contribution is 0.170. The highest BCUT2D eigenvalue weighted by molar-refractivity contribution is 5.83. The van der Waals surface area contributed by atoms with Gasteiger partial charge in [-0.15, -0.1) is 0 Å². The first kappa shape index (κ1) is 17.2. The van der Waals surface area contributed by atoms with E-state index >= 15 is 0 Å². The fraction of sp³-hybridized carbons (Fsp3) is 0.389. The molecule has 5 heteroatoms. The molecular formula is C18H24N2O3. The monoisotopic (exact) mass is 316 g/mol. The SMILES string of the molecule is COCCC(C)NC(=O)NCC(O)c1ccc2ccccc2c1. The summed E-state index contributed by atoms with van der Waals surface area (Å²) in [6.45, 7) is 2.68. The van der Waals surface area contributed by atoms with Gasteiger partial charge < -0.3 is 20.5 Å². The minimum atomic E-state index is -0.736. The molecule has 0 radical (unpaired) electrons. The molecule has 0 aromatic heterocycles. The molecule has 0 saturated heterocycles. The van der Waals surface area contributed by atoms with Crippen molar-refractivity contribution < 1.29 is 14.6 Å². The van der Waals surface area contributed by atoms with Gasteiger partial charge in [-0.1, -0.05) is 36.4 Å². The van der Waals surface area contributed by atoms with Crippen LogP contribution in [0.1, 0.15) is 25.0 Å². The number of hydrogen-bond acceptors (Lipinski definition) is 3. The van der Waals surface area contributed by atoms with Gasteiger partial charge in [0.2, 0.25) is 0 Å². The number of benzene rings is 2. The second-order valence-electron chi connectivity index (χ2n) is 5.66. The van der Waals surface area contributed by atoms with Crippen molar-refractivity contribution in [3.8, 4) is 0 Å². The minimum Gasteiger partial charge on any atom is -0.387 e. The Kier molecular flexibility index (Phi) is 6.38. The zero-order chi connectivity index (χ0) is 16.7. The maximum absolute atomic E-state index is 11.8. The smallest absolute Gasteiger partial charge is 0.315 e. The van der Waals surface area contributed by atoms with Crippen LogP contribution < -0.4 is 10.6 Å². The van der Waals surface area contributed by atoms with Crippen molar-refractivity contribution >= 4 is 16.8 Å². The Balaban J connectivity index is 1.85. The number of fused-ring (bicyclic) bond motifs is 1. The van der Waals surface area contributed by atoms with E-state index in [2.05, 4.69) is 10.6 Å². The van der Waals surface area contributed by atoms with Crippen LogP contribution in [-0.2, 0) is 4.74 Å². The number of hydrogen-bond donors (Lipinski definition) is 3. The van der Waals surface area contributed by atoms with Gasteiger partial charge in [0, 0.05) is 26.3 Å². The van der Waals surface area contributed by atoms with Crippen LogP contribution in [0.15, 0.2) is 42.5 Å². The fourth-order valence-electron chi connectivity index (χ4n) is 2.36. The third kappa shape index (κ3) is 5.23. The second kappa shape index (κ2) is 8.50. The van der Waals surface area contributed by atoms with Crippen molar-refractivity contribution in [3.05, 3.63) is 48.0 Å². The van der Waals surface area contributed by atoms with Crippen molar-refractivity contribution in [2.75, 3.05) is 20.3 Å². The van der Waals surface area contributed by atoms with E-state index in [0.29, 0.717) is 6.61 Å². The third-order valence-corrected chi connectivity index (χ3v) is 3.75. The topological polar surface area (TPSA) is 70.6 Å². The van der Waals surface area contributed by atoms with E-state index in [4.69, 9.17) is 4.74 Å². The maximum Gasteiger partial charge on any atom is 0.315 e. The molecule has 0 spiro atoms. The van der Waals surface area contributed by atoms with E-state index in [1.807, 2.05) is 49.4 Å². The van der Waals surface area contributed by atoms with Crippen LogP contribution in [0.25, 0.3) is 10.8 Å². The number of ether oxygens (including phenoxy) is 1. The van der Waals surface area contributed by atoms with Gasteiger partial charge in [0.25, 0.3) is 0 Å². The van der Waals surface area contributed by atoms with Crippen LogP contribution >= 0.6 is 0 Å². The van der Waals surface area contributed by atoms with Gasteiger partial charge in [-0.3, -0.25) is 0 Å². The molecule has 2 amide bonds. The minimum absolute atomic E-state index is 0.0211.